The van der Waals surface area contributed by atoms with Crippen LogP contribution in [-0.4, -0.2) is 20.2 Å². The summed E-state index contributed by atoms with van der Waals surface area (Å²) in [5.74, 6) is 0.674. The number of nitrogens with zero attached hydrogens (tertiary/aromatic N) is 4. The van der Waals surface area contributed by atoms with Gasteiger partial charge in [0.25, 0.3) is 0 Å². The first-order valence-corrected chi connectivity index (χ1v) is 5.22. The number of hydrogen-bond donors (Lipinski definition) is 1. The highest BCUT2D eigenvalue weighted by Gasteiger charge is 2.08. The lowest BCUT2D eigenvalue weighted by molar-refractivity contribution is 0.706. The van der Waals surface area contributed by atoms with Gasteiger partial charge in [0.05, 0.1) is 6.04 Å². The number of benzene rings is 1. The van der Waals surface area contributed by atoms with E-state index in [4.69, 9.17) is 0 Å². The van der Waals surface area contributed by atoms with Gasteiger partial charge in [-0.2, -0.15) is 0 Å². The average molecular weight is 217 g/mol. The van der Waals surface area contributed by atoms with Crippen molar-refractivity contribution < 1.29 is 0 Å². The molecule has 1 aromatic carbocycles. The van der Waals surface area contributed by atoms with Gasteiger partial charge in [-0.05, 0) is 29.8 Å². The largest absolute Gasteiger partial charge is 0.347 e. The van der Waals surface area contributed by atoms with E-state index in [0.29, 0.717) is 5.95 Å². The Kier molecular flexibility index (Phi) is 2.85. The van der Waals surface area contributed by atoms with E-state index in [1.54, 1.807) is 4.68 Å². The molecule has 0 aliphatic rings. The van der Waals surface area contributed by atoms with Gasteiger partial charge in [-0.3, -0.25) is 0 Å². The van der Waals surface area contributed by atoms with Crippen LogP contribution in [0.1, 0.15) is 24.1 Å². The summed E-state index contributed by atoms with van der Waals surface area (Å²) in [6, 6.07) is 8.60. The quantitative estimate of drug-likeness (QED) is 0.850. The molecule has 1 N–H and O–H groups in total. The molecule has 0 spiro atoms. The minimum absolute atomic E-state index is 0.185. The molecule has 0 saturated carbocycles. The number of rotatable bonds is 3. The predicted molar refractivity (Wildman–Crippen MR) is 62.0 cm³/mol. The van der Waals surface area contributed by atoms with E-state index in [1.807, 2.05) is 7.05 Å². The summed E-state index contributed by atoms with van der Waals surface area (Å²) in [6.45, 7) is 4.16. The Morgan fingerprint density at radius 3 is 2.50 bits per heavy atom. The first kappa shape index (κ1) is 10.6. The standard InChI is InChI=1S/C11H15N5/c1-8-4-6-10(7-5-8)9(2)12-11-13-14-15-16(11)3/h4-7,9H,1-3H3,(H,12,13,15). The molecule has 0 aliphatic heterocycles. The fourth-order valence-electron chi connectivity index (χ4n) is 1.48. The Labute approximate surface area is 94.5 Å². The SMILES string of the molecule is Cc1ccc(C(C)Nc2nnnn2C)cc1. The topological polar surface area (TPSA) is 55.6 Å². The van der Waals surface area contributed by atoms with Gasteiger partial charge < -0.3 is 5.32 Å². The molecule has 0 radical (unpaired) electrons. The molecule has 2 aromatic rings. The number of aromatic nitrogens is 4. The third kappa shape index (κ3) is 2.18. The molecule has 2 rings (SSSR count). The van der Waals surface area contributed by atoms with Gasteiger partial charge in [0.2, 0.25) is 5.95 Å². The van der Waals surface area contributed by atoms with Crippen molar-refractivity contribution in [2.24, 2.45) is 7.05 Å². The van der Waals surface area contributed by atoms with Crippen LogP contribution in [0.5, 0.6) is 0 Å². The Bertz CT molecular complexity index is 459. The summed E-state index contributed by atoms with van der Waals surface area (Å²) in [4.78, 5) is 0. The number of aryl methyl sites for hydroxylation is 2. The molecule has 0 amide bonds. The number of nitrogens with one attached hydrogen (secondary N) is 1. The van der Waals surface area contributed by atoms with Crippen LogP contribution in [-0.2, 0) is 7.05 Å². The van der Waals surface area contributed by atoms with Gasteiger partial charge in [-0.25, -0.2) is 4.68 Å². The third-order valence-corrected chi connectivity index (χ3v) is 2.54. The van der Waals surface area contributed by atoms with E-state index in [-0.39, 0.29) is 6.04 Å². The van der Waals surface area contributed by atoms with Gasteiger partial charge >= 0.3 is 0 Å². The van der Waals surface area contributed by atoms with E-state index < -0.39 is 0 Å². The smallest absolute Gasteiger partial charge is 0.243 e. The van der Waals surface area contributed by atoms with Crippen molar-refractivity contribution in [1.29, 1.82) is 0 Å². The van der Waals surface area contributed by atoms with Crippen LogP contribution in [0, 0.1) is 6.92 Å². The monoisotopic (exact) mass is 217 g/mol. The van der Waals surface area contributed by atoms with Gasteiger partial charge in [0.15, 0.2) is 0 Å². The molecule has 5 heteroatoms. The van der Waals surface area contributed by atoms with Crippen molar-refractivity contribution in [1.82, 2.24) is 20.2 Å². The highest BCUT2D eigenvalue weighted by molar-refractivity contribution is 5.31. The lowest BCUT2D eigenvalue weighted by atomic mass is 10.1. The van der Waals surface area contributed by atoms with Crippen molar-refractivity contribution >= 4 is 5.95 Å². The summed E-state index contributed by atoms with van der Waals surface area (Å²) in [5.41, 5.74) is 2.48. The molecule has 5 nitrogen and oxygen atoms in total. The normalized spacial score (nSPS) is 12.4. The zero-order chi connectivity index (χ0) is 11.5. The minimum atomic E-state index is 0.185. The number of hydrogen-bond acceptors (Lipinski definition) is 4. The van der Waals surface area contributed by atoms with Gasteiger partial charge in [-0.15, -0.1) is 0 Å². The maximum atomic E-state index is 3.89. The zero-order valence-corrected chi connectivity index (χ0v) is 9.68. The van der Waals surface area contributed by atoms with Crippen LogP contribution in [0.15, 0.2) is 24.3 Å². The number of tetrazole rings is 1. The fraction of sp³-hybridized carbons (Fsp3) is 0.364. The second-order valence-electron chi connectivity index (χ2n) is 3.90. The zero-order valence-electron chi connectivity index (χ0n) is 9.68. The van der Waals surface area contributed by atoms with Gasteiger partial charge in [-0.1, -0.05) is 34.9 Å². The first-order valence-electron chi connectivity index (χ1n) is 5.22. The Morgan fingerprint density at radius 2 is 1.94 bits per heavy atom. The molecule has 1 aromatic heterocycles. The maximum Gasteiger partial charge on any atom is 0.243 e. The molecule has 1 heterocycles. The highest BCUT2D eigenvalue weighted by atomic mass is 15.6. The van der Waals surface area contributed by atoms with E-state index in [1.165, 1.54) is 11.1 Å². The third-order valence-electron chi connectivity index (χ3n) is 2.54. The van der Waals surface area contributed by atoms with Crippen LogP contribution in [0.3, 0.4) is 0 Å². The van der Waals surface area contributed by atoms with E-state index in [2.05, 4.69) is 59.0 Å². The summed E-state index contributed by atoms with van der Waals surface area (Å²) >= 11 is 0. The maximum absolute atomic E-state index is 3.89. The Hall–Kier alpha value is -1.91. The van der Waals surface area contributed by atoms with Crippen LogP contribution >= 0.6 is 0 Å². The van der Waals surface area contributed by atoms with E-state index >= 15 is 0 Å². The summed E-state index contributed by atoms with van der Waals surface area (Å²) in [5, 5.41) is 14.5. The average Bonchev–Trinajstić information content (AvgIpc) is 2.65. The fourth-order valence-corrected chi connectivity index (χ4v) is 1.48. The predicted octanol–water partition coefficient (Wildman–Crippen LogP) is 1.69. The van der Waals surface area contributed by atoms with E-state index in [0.717, 1.165) is 0 Å². The molecule has 0 saturated heterocycles. The van der Waals surface area contributed by atoms with Gasteiger partial charge in [0, 0.05) is 7.05 Å². The Morgan fingerprint density at radius 1 is 1.25 bits per heavy atom. The summed E-state index contributed by atoms with van der Waals surface area (Å²) in [7, 11) is 1.81. The van der Waals surface area contributed by atoms with Crippen LogP contribution in [0.2, 0.25) is 0 Å². The Balaban J connectivity index is 2.11. The van der Waals surface area contributed by atoms with Crippen molar-refractivity contribution in [2.45, 2.75) is 19.9 Å². The van der Waals surface area contributed by atoms with Crippen LogP contribution < -0.4 is 5.32 Å². The minimum Gasteiger partial charge on any atom is -0.347 e. The lowest BCUT2D eigenvalue weighted by Crippen LogP contribution is -2.10. The molecule has 1 atom stereocenters. The highest BCUT2D eigenvalue weighted by Crippen LogP contribution is 2.17. The molecular weight excluding hydrogens is 202 g/mol. The lowest BCUT2D eigenvalue weighted by Gasteiger charge is -2.13. The second-order valence-corrected chi connectivity index (χ2v) is 3.90. The summed E-state index contributed by atoms with van der Waals surface area (Å²) in [6.07, 6.45) is 0. The molecule has 1 unspecified atom stereocenters. The van der Waals surface area contributed by atoms with Crippen LogP contribution in [0.25, 0.3) is 0 Å². The molecule has 0 aliphatic carbocycles. The van der Waals surface area contributed by atoms with Crippen molar-refractivity contribution in [3.8, 4) is 0 Å². The van der Waals surface area contributed by atoms with Crippen molar-refractivity contribution in [2.75, 3.05) is 5.32 Å². The first-order chi connectivity index (χ1) is 7.66. The van der Waals surface area contributed by atoms with Crippen molar-refractivity contribution in [3.63, 3.8) is 0 Å². The van der Waals surface area contributed by atoms with Crippen molar-refractivity contribution in [3.05, 3.63) is 35.4 Å². The molecule has 16 heavy (non-hydrogen) atoms. The van der Waals surface area contributed by atoms with Crippen LogP contribution in [0.4, 0.5) is 5.95 Å². The molecule has 84 valence electrons. The van der Waals surface area contributed by atoms with Gasteiger partial charge in [0.1, 0.15) is 0 Å². The number of anilines is 1. The summed E-state index contributed by atoms with van der Waals surface area (Å²) < 4.78 is 1.62. The molecule has 0 fully saturated rings. The molecular formula is C11H15N5. The molecule has 0 bridgehead atoms. The van der Waals surface area contributed by atoms with E-state index in [9.17, 15) is 0 Å². The second kappa shape index (κ2) is 4.30.